The van der Waals surface area contributed by atoms with Gasteiger partial charge >= 0.3 is 0 Å². The average Bonchev–Trinajstić information content (AvgIpc) is 3.07. The lowest BCUT2D eigenvalue weighted by atomic mass is 10.2. The fourth-order valence-corrected chi connectivity index (χ4v) is 2.92. The van der Waals surface area contributed by atoms with Gasteiger partial charge in [-0.1, -0.05) is 6.92 Å². The van der Waals surface area contributed by atoms with E-state index >= 15 is 0 Å². The third kappa shape index (κ3) is 4.71. The first-order valence-electron chi connectivity index (χ1n) is 7.19. The topological polar surface area (TPSA) is 21.3 Å². The summed E-state index contributed by atoms with van der Waals surface area (Å²) in [5, 5.41) is 3.57. The van der Waals surface area contributed by atoms with Crippen LogP contribution in [0.5, 0.6) is 0 Å². The molecule has 1 aliphatic rings. The van der Waals surface area contributed by atoms with Gasteiger partial charge in [0.15, 0.2) is 0 Å². The second-order valence-electron chi connectivity index (χ2n) is 5.21. The van der Waals surface area contributed by atoms with Crippen LogP contribution in [0.25, 0.3) is 0 Å². The molecule has 1 saturated carbocycles. The second kappa shape index (κ2) is 7.27. The quantitative estimate of drug-likeness (QED) is 0.688. The third-order valence-electron chi connectivity index (χ3n) is 3.42. The number of ether oxygens (including phenoxy) is 1. The van der Waals surface area contributed by atoms with Gasteiger partial charge in [-0.05, 0) is 57.2 Å². The van der Waals surface area contributed by atoms with E-state index in [0.29, 0.717) is 6.04 Å². The zero-order valence-electron chi connectivity index (χ0n) is 11.6. The summed E-state index contributed by atoms with van der Waals surface area (Å²) in [7, 11) is 0. The van der Waals surface area contributed by atoms with E-state index < -0.39 is 0 Å². The molecule has 18 heavy (non-hydrogen) atoms. The Labute approximate surface area is 115 Å². The van der Waals surface area contributed by atoms with Crippen molar-refractivity contribution in [3.05, 3.63) is 21.9 Å². The van der Waals surface area contributed by atoms with E-state index in [2.05, 4.69) is 31.3 Å². The Hall–Kier alpha value is -0.380. The van der Waals surface area contributed by atoms with Gasteiger partial charge < -0.3 is 10.1 Å². The maximum absolute atomic E-state index is 5.63. The molecule has 102 valence electrons. The molecule has 1 aromatic heterocycles. The Morgan fingerprint density at radius 2 is 2.28 bits per heavy atom. The van der Waals surface area contributed by atoms with Gasteiger partial charge in [-0.25, -0.2) is 0 Å². The Morgan fingerprint density at radius 3 is 2.94 bits per heavy atom. The summed E-state index contributed by atoms with van der Waals surface area (Å²) in [6, 6.07) is 4.97. The number of hydrogen-bond acceptors (Lipinski definition) is 3. The van der Waals surface area contributed by atoms with Crippen LogP contribution in [0.3, 0.4) is 0 Å². The number of rotatable bonds is 9. The lowest BCUT2D eigenvalue weighted by Crippen LogP contribution is -2.20. The molecule has 0 radical (unpaired) electrons. The molecule has 0 saturated heterocycles. The Balaban J connectivity index is 1.54. The van der Waals surface area contributed by atoms with Crippen LogP contribution in [0.4, 0.5) is 0 Å². The van der Waals surface area contributed by atoms with Crippen LogP contribution in [0, 0.1) is 5.92 Å². The van der Waals surface area contributed by atoms with Gasteiger partial charge in [-0.15, -0.1) is 11.3 Å². The van der Waals surface area contributed by atoms with E-state index in [1.165, 1.54) is 22.6 Å². The molecule has 1 atom stereocenters. The average molecular weight is 267 g/mol. The van der Waals surface area contributed by atoms with Gasteiger partial charge in [0.05, 0.1) is 0 Å². The molecule has 2 rings (SSSR count). The van der Waals surface area contributed by atoms with E-state index in [0.717, 1.165) is 38.5 Å². The second-order valence-corrected chi connectivity index (χ2v) is 6.41. The molecular formula is C15H25NOS. The smallest absolute Gasteiger partial charge is 0.0494 e. The first-order chi connectivity index (χ1) is 8.79. The SMILES string of the molecule is CCc1ccc(C(C)NCCCOCC2CC2)s1. The summed E-state index contributed by atoms with van der Waals surface area (Å²) >= 11 is 1.93. The summed E-state index contributed by atoms with van der Waals surface area (Å²) in [5.41, 5.74) is 0. The van der Waals surface area contributed by atoms with Gasteiger partial charge in [0.2, 0.25) is 0 Å². The van der Waals surface area contributed by atoms with Crippen molar-refractivity contribution < 1.29 is 4.74 Å². The Bertz CT molecular complexity index is 346. The molecule has 3 heteroatoms. The van der Waals surface area contributed by atoms with Crippen molar-refractivity contribution >= 4 is 11.3 Å². The van der Waals surface area contributed by atoms with Crippen LogP contribution >= 0.6 is 11.3 Å². The maximum Gasteiger partial charge on any atom is 0.0494 e. The van der Waals surface area contributed by atoms with Crippen molar-refractivity contribution in [3.63, 3.8) is 0 Å². The molecule has 1 fully saturated rings. The van der Waals surface area contributed by atoms with Gasteiger partial charge in [0.25, 0.3) is 0 Å². The van der Waals surface area contributed by atoms with Crippen LogP contribution in [0.1, 0.15) is 48.9 Å². The fraction of sp³-hybridized carbons (Fsp3) is 0.733. The fourth-order valence-electron chi connectivity index (χ4n) is 1.95. The summed E-state index contributed by atoms with van der Waals surface area (Å²) in [4.78, 5) is 2.93. The Kier molecular flexibility index (Phi) is 5.67. The molecule has 1 aliphatic carbocycles. The molecule has 1 N–H and O–H groups in total. The summed E-state index contributed by atoms with van der Waals surface area (Å²) in [6.45, 7) is 7.40. The van der Waals surface area contributed by atoms with Crippen LogP contribution in [-0.2, 0) is 11.2 Å². The highest BCUT2D eigenvalue weighted by molar-refractivity contribution is 7.12. The molecule has 0 spiro atoms. The zero-order valence-corrected chi connectivity index (χ0v) is 12.4. The largest absolute Gasteiger partial charge is 0.381 e. The molecule has 1 unspecified atom stereocenters. The highest BCUT2D eigenvalue weighted by Gasteiger charge is 2.20. The highest BCUT2D eigenvalue weighted by atomic mass is 32.1. The third-order valence-corrected chi connectivity index (χ3v) is 4.84. The van der Waals surface area contributed by atoms with Crippen molar-refractivity contribution in [1.29, 1.82) is 0 Å². The molecule has 0 amide bonds. The van der Waals surface area contributed by atoms with Crippen LogP contribution in [0.15, 0.2) is 12.1 Å². The minimum absolute atomic E-state index is 0.471. The van der Waals surface area contributed by atoms with Crippen molar-refractivity contribution in [2.75, 3.05) is 19.8 Å². The van der Waals surface area contributed by atoms with E-state index in [9.17, 15) is 0 Å². The van der Waals surface area contributed by atoms with Crippen LogP contribution in [0.2, 0.25) is 0 Å². The highest BCUT2D eigenvalue weighted by Crippen LogP contribution is 2.28. The maximum atomic E-state index is 5.63. The molecule has 1 aromatic rings. The summed E-state index contributed by atoms with van der Waals surface area (Å²) < 4.78 is 5.63. The summed E-state index contributed by atoms with van der Waals surface area (Å²) in [5.74, 6) is 0.885. The van der Waals surface area contributed by atoms with Crippen molar-refractivity contribution in [1.82, 2.24) is 5.32 Å². The van der Waals surface area contributed by atoms with Crippen molar-refractivity contribution in [3.8, 4) is 0 Å². The molecule has 0 aliphatic heterocycles. The first kappa shape index (κ1) is 14.0. The molecule has 0 bridgehead atoms. The standard InChI is InChI=1S/C15H25NOS/c1-3-14-7-8-15(18-14)12(2)16-9-4-10-17-11-13-5-6-13/h7-8,12-13,16H,3-6,9-11H2,1-2H3. The lowest BCUT2D eigenvalue weighted by Gasteiger charge is -2.12. The summed E-state index contributed by atoms with van der Waals surface area (Å²) in [6.07, 6.45) is 5.02. The predicted molar refractivity (Wildman–Crippen MR) is 78.3 cm³/mol. The zero-order chi connectivity index (χ0) is 12.8. The van der Waals surface area contributed by atoms with E-state index in [4.69, 9.17) is 4.74 Å². The minimum Gasteiger partial charge on any atom is -0.381 e. The number of nitrogens with one attached hydrogen (secondary N) is 1. The number of thiophene rings is 1. The molecular weight excluding hydrogens is 242 g/mol. The van der Waals surface area contributed by atoms with Gasteiger partial charge in [0.1, 0.15) is 0 Å². The van der Waals surface area contributed by atoms with Gasteiger partial charge in [-0.2, -0.15) is 0 Å². The van der Waals surface area contributed by atoms with E-state index in [1.54, 1.807) is 0 Å². The van der Waals surface area contributed by atoms with E-state index in [1.807, 2.05) is 11.3 Å². The van der Waals surface area contributed by atoms with Crippen LogP contribution in [-0.4, -0.2) is 19.8 Å². The Morgan fingerprint density at radius 1 is 1.44 bits per heavy atom. The number of aryl methyl sites for hydroxylation is 1. The molecule has 2 nitrogen and oxygen atoms in total. The predicted octanol–water partition coefficient (Wildman–Crippen LogP) is 3.78. The van der Waals surface area contributed by atoms with Crippen molar-refractivity contribution in [2.45, 2.75) is 45.6 Å². The molecule has 0 aromatic carbocycles. The van der Waals surface area contributed by atoms with Gasteiger partial charge in [-0.3, -0.25) is 0 Å². The van der Waals surface area contributed by atoms with Crippen molar-refractivity contribution in [2.24, 2.45) is 5.92 Å². The minimum atomic E-state index is 0.471. The lowest BCUT2D eigenvalue weighted by molar-refractivity contribution is 0.121. The molecule has 1 heterocycles. The van der Waals surface area contributed by atoms with Crippen LogP contribution < -0.4 is 5.32 Å². The normalized spacial score (nSPS) is 17.0. The monoisotopic (exact) mass is 267 g/mol. The first-order valence-corrected chi connectivity index (χ1v) is 8.01. The van der Waals surface area contributed by atoms with E-state index in [-0.39, 0.29) is 0 Å². The number of hydrogen-bond donors (Lipinski definition) is 1. The van der Waals surface area contributed by atoms with Gasteiger partial charge in [0, 0.05) is 29.0 Å².